The van der Waals surface area contributed by atoms with Crippen LogP contribution >= 0.6 is 0 Å². The second kappa shape index (κ2) is 17.6. The van der Waals surface area contributed by atoms with Crippen molar-refractivity contribution < 1.29 is 6.22 Å². The van der Waals surface area contributed by atoms with E-state index in [1.807, 2.05) is 20.8 Å². The van der Waals surface area contributed by atoms with Gasteiger partial charge in [-0.15, -0.1) is 0 Å². The number of nitrogens with zero attached hydrogens (tertiary/aromatic N) is 2. The third-order valence-electron chi connectivity index (χ3n) is 2.56. The molecule has 20 heavy (non-hydrogen) atoms. The van der Waals surface area contributed by atoms with Gasteiger partial charge < -0.3 is 11.2 Å². The standard InChI is InChI=1S/C13H26N4O.C2H6.H2/c1-3-5-6-7-8-9-13(18)16-11-12(17-14)10-15-4-2;1-2;/h10H,3-9,11,14H2,1-2H3,(H,16,18);1-2H3;1H/b15-10?,17-12+;;. The molecule has 120 valence electrons. The van der Waals surface area contributed by atoms with E-state index in [-0.39, 0.29) is 7.33 Å². The Labute approximate surface area is 125 Å². The summed E-state index contributed by atoms with van der Waals surface area (Å²) in [7, 11) is 0. The van der Waals surface area contributed by atoms with Gasteiger partial charge in [-0.3, -0.25) is 9.79 Å². The third kappa shape index (κ3) is 14.7. The molecule has 0 heterocycles. The van der Waals surface area contributed by atoms with E-state index in [0.717, 1.165) is 12.8 Å². The van der Waals surface area contributed by atoms with Gasteiger partial charge in [0.15, 0.2) is 0 Å². The van der Waals surface area contributed by atoms with Crippen LogP contribution in [-0.4, -0.2) is 30.9 Å². The zero-order chi connectivity index (χ0) is 15.6. The van der Waals surface area contributed by atoms with E-state index >= 15 is 0 Å². The van der Waals surface area contributed by atoms with Crippen molar-refractivity contribution in [2.75, 3.05) is 13.1 Å². The number of carbonyl (C=O) groups is 1. The fourth-order valence-electron chi connectivity index (χ4n) is 1.49. The van der Waals surface area contributed by atoms with Gasteiger partial charge in [0, 0.05) is 20.6 Å². The molecule has 0 bridgehead atoms. The van der Waals surface area contributed by atoms with Crippen LogP contribution < -0.4 is 11.2 Å². The molecule has 0 saturated carbocycles. The van der Waals surface area contributed by atoms with Crippen LogP contribution in [-0.2, 0) is 4.79 Å². The summed E-state index contributed by atoms with van der Waals surface area (Å²) in [4.78, 5) is 15.5. The molecule has 0 atom stereocenters. The maximum Gasteiger partial charge on any atom is 0.220 e. The quantitative estimate of drug-likeness (QED) is 0.280. The van der Waals surface area contributed by atoms with Crippen LogP contribution in [0, 0.1) is 0 Å². The summed E-state index contributed by atoms with van der Waals surface area (Å²) in [5, 5.41) is 6.36. The average Bonchev–Trinajstić information content (AvgIpc) is 2.49. The van der Waals surface area contributed by atoms with Gasteiger partial charge in [0.05, 0.1) is 12.3 Å². The molecule has 0 aromatic heterocycles. The Morgan fingerprint density at radius 3 is 2.40 bits per heavy atom. The molecule has 0 aliphatic rings. The lowest BCUT2D eigenvalue weighted by Gasteiger charge is -2.04. The van der Waals surface area contributed by atoms with E-state index in [4.69, 9.17) is 5.84 Å². The number of unbranched alkanes of at least 4 members (excludes halogenated alkanes) is 4. The number of nitrogens with one attached hydrogen (secondary N) is 1. The predicted molar refractivity (Wildman–Crippen MR) is 90.5 cm³/mol. The molecular weight excluding hydrogens is 252 g/mol. The Hall–Kier alpha value is -1.39. The van der Waals surface area contributed by atoms with E-state index in [9.17, 15) is 4.79 Å². The first-order chi connectivity index (χ1) is 9.74. The van der Waals surface area contributed by atoms with Gasteiger partial charge in [-0.25, -0.2) is 0 Å². The Morgan fingerprint density at radius 2 is 1.85 bits per heavy atom. The minimum Gasteiger partial charge on any atom is -0.350 e. The minimum atomic E-state index is 0. The molecule has 5 heteroatoms. The molecule has 1 amide bonds. The Bertz CT molecular complexity index is 281. The summed E-state index contributed by atoms with van der Waals surface area (Å²) in [5.41, 5.74) is 0.594. The van der Waals surface area contributed by atoms with E-state index in [2.05, 4.69) is 22.3 Å². The molecule has 0 aromatic rings. The highest BCUT2D eigenvalue weighted by atomic mass is 16.1. The largest absolute Gasteiger partial charge is 0.350 e. The second-order valence-electron chi connectivity index (χ2n) is 4.19. The first-order valence-electron chi connectivity index (χ1n) is 7.77. The molecule has 5 nitrogen and oxygen atoms in total. The van der Waals surface area contributed by atoms with Crippen LogP contribution in [0.2, 0.25) is 0 Å². The molecular formula is C15H34N4O. The molecule has 0 saturated heterocycles. The average molecular weight is 286 g/mol. The van der Waals surface area contributed by atoms with Crippen molar-refractivity contribution in [2.45, 2.75) is 66.2 Å². The predicted octanol–water partition coefficient (Wildman–Crippen LogP) is 3.14. The van der Waals surface area contributed by atoms with Crippen molar-refractivity contribution in [3.63, 3.8) is 0 Å². The maximum absolute atomic E-state index is 11.5. The van der Waals surface area contributed by atoms with E-state index in [1.54, 1.807) is 6.21 Å². The molecule has 0 aliphatic heterocycles. The molecule has 0 aliphatic carbocycles. The number of amides is 1. The number of hydrogen-bond acceptors (Lipinski definition) is 4. The summed E-state index contributed by atoms with van der Waals surface area (Å²) >= 11 is 0. The second-order valence-corrected chi connectivity index (χ2v) is 4.19. The highest BCUT2D eigenvalue weighted by Gasteiger charge is 2.02. The SMILES string of the molecule is CC.CCCCCCCC(=O)NC/C(C=NCC)=N/N.[HH]. The lowest BCUT2D eigenvalue weighted by molar-refractivity contribution is -0.120. The third-order valence-corrected chi connectivity index (χ3v) is 2.56. The van der Waals surface area contributed by atoms with E-state index < -0.39 is 0 Å². The van der Waals surface area contributed by atoms with Crippen molar-refractivity contribution in [3.8, 4) is 0 Å². The van der Waals surface area contributed by atoms with Gasteiger partial charge >= 0.3 is 0 Å². The Balaban J connectivity index is -0.00000103. The van der Waals surface area contributed by atoms with Crippen LogP contribution in [0.25, 0.3) is 0 Å². The van der Waals surface area contributed by atoms with Gasteiger partial charge in [-0.1, -0.05) is 46.5 Å². The normalized spacial score (nSPS) is 11.1. The molecule has 3 N–H and O–H groups in total. The summed E-state index contributed by atoms with van der Waals surface area (Å²) in [6.45, 7) is 9.15. The molecule has 0 rings (SSSR count). The number of nitrogens with two attached hydrogens (primary N) is 1. The Kier molecular flexibility index (Phi) is 18.4. The zero-order valence-electron chi connectivity index (χ0n) is 13.6. The minimum absolute atomic E-state index is 0. The maximum atomic E-state index is 11.5. The highest BCUT2D eigenvalue weighted by Crippen LogP contribution is 2.04. The van der Waals surface area contributed by atoms with Gasteiger partial charge in [0.25, 0.3) is 0 Å². The zero-order valence-corrected chi connectivity index (χ0v) is 13.6. The lowest BCUT2D eigenvalue weighted by atomic mass is 10.1. The first kappa shape index (κ1) is 20.9. The summed E-state index contributed by atoms with van der Waals surface area (Å²) in [5.74, 6) is 5.25. The van der Waals surface area contributed by atoms with Crippen molar-refractivity contribution in [1.82, 2.24) is 5.32 Å². The number of aliphatic imine (C=N–C) groups is 1. The number of carbonyl (C=O) groups excluding carboxylic acids is 1. The smallest absolute Gasteiger partial charge is 0.220 e. The van der Waals surface area contributed by atoms with Crippen LogP contribution in [0.1, 0.15) is 67.6 Å². The molecule has 0 fully saturated rings. The lowest BCUT2D eigenvalue weighted by Crippen LogP contribution is -2.30. The van der Waals surface area contributed by atoms with Crippen molar-refractivity contribution >= 4 is 17.8 Å². The Morgan fingerprint density at radius 1 is 1.20 bits per heavy atom. The van der Waals surface area contributed by atoms with Crippen molar-refractivity contribution in [2.24, 2.45) is 15.9 Å². The van der Waals surface area contributed by atoms with Gasteiger partial charge in [0.1, 0.15) is 0 Å². The molecule has 0 spiro atoms. The van der Waals surface area contributed by atoms with Gasteiger partial charge in [-0.2, -0.15) is 5.10 Å². The van der Waals surface area contributed by atoms with Crippen LogP contribution in [0.5, 0.6) is 0 Å². The fourth-order valence-corrected chi connectivity index (χ4v) is 1.49. The fraction of sp³-hybridized carbons (Fsp3) is 0.800. The monoisotopic (exact) mass is 286 g/mol. The number of hydrazone groups is 1. The van der Waals surface area contributed by atoms with Gasteiger partial charge in [0.2, 0.25) is 5.91 Å². The van der Waals surface area contributed by atoms with Crippen molar-refractivity contribution in [1.29, 1.82) is 0 Å². The summed E-state index contributed by atoms with van der Waals surface area (Å²) in [6, 6.07) is 0. The first-order valence-corrected chi connectivity index (χ1v) is 7.77. The van der Waals surface area contributed by atoms with E-state index in [1.165, 1.54) is 19.3 Å². The van der Waals surface area contributed by atoms with Crippen LogP contribution in [0.3, 0.4) is 0 Å². The van der Waals surface area contributed by atoms with Crippen LogP contribution in [0.15, 0.2) is 10.1 Å². The molecule has 0 aromatic carbocycles. The summed E-state index contributed by atoms with van der Waals surface area (Å²) in [6.07, 6.45) is 7.93. The van der Waals surface area contributed by atoms with Gasteiger partial charge in [-0.05, 0) is 13.3 Å². The van der Waals surface area contributed by atoms with Crippen LogP contribution in [0.4, 0.5) is 0 Å². The van der Waals surface area contributed by atoms with Crippen molar-refractivity contribution in [3.05, 3.63) is 0 Å². The topological polar surface area (TPSA) is 79.8 Å². The number of rotatable bonds is 10. The highest BCUT2D eigenvalue weighted by molar-refractivity contribution is 6.31. The summed E-state index contributed by atoms with van der Waals surface area (Å²) < 4.78 is 0. The van der Waals surface area contributed by atoms with E-state index in [0.29, 0.717) is 25.2 Å². The molecule has 0 radical (unpaired) electrons. The number of hydrogen-bond donors (Lipinski definition) is 2. The molecule has 0 unspecified atom stereocenters.